The summed E-state index contributed by atoms with van der Waals surface area (Å²) < 4.78 is 0. The summed E-state index contributed by atoms with van der Waals surface area (Å²) in [5.74, 6) is 0. The molecule has 0 radical (unpaired) electrons. The minimum Gasteiger partial charge on any atom is -0.738 e. The topological polar surface area (TPSA) is 29.5 Å². The van der Waals surface area contributed by atoms with Crippen molar-refractivity contribution < 1.29 is 0 Å². The van der Waals surface area contributed by atoms with Gasteiger partial charge in [0.15, 0.2) is 0 Å². The summed E-state index contributed by atoms with van der Waals surface area (Å²) in [6, 6.07) is 7.68. The van der Waals surface area contributed by atoms with Crippen molar-refractivity contribution in [2.75, 3.05) is 5.17 Å². The molecule has 0 aliphatic carbocycles. The van der Waals surface area contributed by atoms with Gasteiger partial charge in [0.1, 0.15) is 0 Å². The van der Waals surface area contributed by atoms with Crippen LogP contribution in [0.1, 0.15) is 18.5 Å². The SMILES string of the molecule is C=CN1C(C)c2ccccc2N1[O-]. The maximum atomic E-state index is 11.6. The van der Waals surface area contributed by atoms with Gasteiger partial charge in [-0.15, -0.1) is 0 Å². The van der Waals surface area contributed by atoms with E-state index in [-0.39, 0.29) is 6.04 Å². The number of fused-ring (bicyclic) bond motifs is 1. The number of hydrogen-bond acceptors (Lipinski definition) is 3. The highest BCUT2D eigenvalue weighted by molar-refractivity contribution is 5.58. The third kappa shape index (κ3) is 1.01. The van der Waals surface area contributed by atoms with Crippen LogP contribution in [0.2, 0.25) is 0 Å². The lowest BCUT2D eigenvalue weighted by Crippen LogP contribution is -2.29. The number of hydrazine groups is 1. The molecule has 1 atom stereocenters. The summed E-state index contributed by atoms with van der Waals surface area (Å²) >= 11 is 0. The van der Waals surface area contributed by atoms with Crippen LogP contribution >= 0.6 is 0 Å². The van der Waals surface area contributed by atoms with Crippen LogP contribution in [0.5, 0.6) is 0 Å². The van der Waals surface area contributed by atoms with E-state index in [1.807, 2.05) is 31.2 Å². The Bertz CT molecular complexity index is 308. The van der Waals surface area contributed by atoms with E-state index in [1.165, 1.54) is 0 Å². The van der Waals surface area contributed by atoms with Crippen LogP contribution in [-0.2, 0) is 0 Å². The second kappa shape index (κ2) is 2.78. The minimum atomic E-state index is 0.0891. The van der Waals surface area contributed by atoms with Crippen LogP contribution in [0.15, 0.2) is 37.0 Å². The zero-order chi connectivity index (χ0) is 9.42. The van der Waals surface area contributed by atoms with Crippen LogP contribution in [0.25, 0.3) is 0 Å². The molecular weight excluding hydrogens is 164 g/mol. The second-order valence-electron chi connectivity index (χ2n) is 3.07. The maximum Gasteiger partial charge on any atom is 0.0732 e. The molecule has 0 spiro atoms. The van der Waals surface area contributed by atoms with E-state index in [2.05, 4.69) is 6.58 Å². The van der Waals surface area contributed by atoms with Crippen molar-refractivity contribution in [2.45, 2.75) is 13.0 Å². The van der Waals surface area contributed by atoms with E-state index >= 15 is 0 Å². The zero-order valence-electron chi connectivity index (χ0n) is 7.47. The van der Waals surface area contributed by atoms with Crippen LogP contribution in [-0.4, -0.2) is 5.01 Å². The number of para-hydroxylation sites is 1. The smallest absolute Gasteiger partial charge is 0.0732 e. The Kier molecular flexibility index (Phi) is 1.74. The average molecular weight is 175 g/mol. The quantitative estimate of drug-likeness (QED) is 0.656. The van der Waals surface area contributed by atoms with Crippen LogP contribution in [0.4, 0.5) is 5.69 Å². The molecule has 2 rings (SSSR count). The van der Waals surface area contributed by atoms with Gasteiger partial charge in [-0.3, -0.25) is 5.01 Å². The first-order chi connectivity index (χ1) is 6.25. The summed E-state index contributed by atoms with van der Waals surface area (Å²) in [5, 5.41) is 14.1. The van der Waals surface area contributed by atoms with E-state index in [4.69, 9.17) is 0 Å². The number of rotatable bonds is 1. The Balaban J connectivity index is 2.50. The van der Waals surface area contributed by atoms with Gasteiger partial charge in [0.25, 0.3) is 0 Å². The van der Waals surface area contributed by atoms with Gasteiger partial charge in [0.2, 0.25) is 0 Å². The molecule has 3 heteroatoms. The molecule has 0 amide bonds. The summed E-state index contributed by atoms with van der Waals surface area (Å²) in [5.41, 5.74) is 1.77. The molecule has 1 aliphatic rings. The first-order valence-corrected chi connectivity index (χ1v) is 4.22. The molecule has 0 saturated heterocycles. The van der Waals surface area contributed by atoms with Gasteiger partial charge in [-0.1, -0.05) is 24.8 Å². The van der Waals surface area contributed by atoms with Crippen molar-refractivity contribution in [2.24, 2.45) is 0 Å². The Morgan fingerprint density at radius 2 is 2.15 bits per heavy atom. The van der Waals surface area contributed by atoms with Crippen LogP contribution < -0.4 is 5.17 Å². The Labute approximate surface area is 77.4 Å². The summed E-state index contributed by atoms with van der Waals surface area (Å²) in [7, 11) is 0. The van der Waals surface area contributed by atoms with Gasteiger partial charge in [0, 0.05) is 11.8 Å². The molecule has 68 valence electrons. The van der Waals surface area contributed by atoms with E-state index in [0.717, 1.165) is 16.4 Å². The fourth-order valence-electron chi connectivity index (χ4n) is 1.67. The molecule has 0 bridgehead atoms. The monoisotopic (exact) mass is 175 g/mol. The molecular formula is C10H11N2O-. The molecule has 1 aromatic carbocycles. The number of hydrogen-bond donors (Lipinski definition) is 0. The van der Waals surface area contributed by atoms with Crippen LogP contribution in [0.3, 0.4) is 0 Å². The lowest BCUT2D eigenvalue weighted by molar-refractivity contribution is 0.331. The fourth-order valence-corrected chi connectivity index (χ4v) is 1.67. The Hall–Kier alpha value is -1.48. The highest BCUT2D eigenvalue weighted by atomic mass is 16.6. The molecule has 3 nitrogen and oxygen atoms in total. The second-order valence-corrected chi connectivity index (χ2v) is 3.07. The van der Waals surface area contributed by atoms with Crippen molar-refractivity contribution in [3.63, 3.8) is 0 Å². The lowest BCUT2D eigenvalue weighted by atomic mass is 10.1. The van der Waals surface area contributed by atoms with Crippen molar-refractivity contribution in [3.05, 3.63) is 47.8 Å². The Morgan fingerprint density at radius 1 is 1.46 bits per heavy atom. The van der Waals surface area contributed by atoms with Crippen molar-refractivity contribution in [3.8, 4) is 0 Å². The highest BCUT2D eigenvalue weighted by Gasteiger charge is 2.24. The third-order valence-corrected chi connectivity index (χ3v) is 2.39. The Morgan fingerprint density at radius 3 is 2.77 bits per heavy atom. The van der Waals surface area contributed by atoms with Gasteiger partial charge in [0.05, 0.1) is 11.7 Å². The molecule has 0 saturated carbocycles. The number of nitrogens with zero attached hydrogens (tertiary/aromatic N) is 2. The average Bonchev–Trinajstić information content (AvgIpc) is 2.41. The first kappa shape index (κ1) is 8.13. The zero-order valence-corrected chi connectivity index (χ0v) is 7.47. The van der Waals surface area contributed by atoms with Gasteiger partial charge in [-0.2, -0.15) is 0 Å². The third-order valence-electron chi connectivity index (χ3n) is 2.39. The van der Waals surface area contributed by atoms with Gasteiger partial charge in [-0.25, -0.2) is 0 Å². The van der Waals surface area contributed by atoms with Gasteiger partial charge >= 0.3 is 0 Å². The summed E-state index contributed by atoms with van der Waals surface area (Å²) in [6.07, 6.45) is 1.55. The molecule has 1 unspecified atom stereocenters. The molecule has 0 fully saturated rings. The van der Waals surface area contributed by atoms with E-state index in [9.17, 15) is 5.21 Å². The number of anilines is 1. The molecule has 13 heavy (non-hydrogen) atoms. The molecule has 1 aromatic rings. The standard InChI is InChI=1S/C10H11N2O/c1-3-11-8(2)9-6-4-5-7-10(9)12(11)13/h3-8H,1H2,2H3/q-1. The number of benzene rings is 1. The predicted molar refractivity (Wildman–Crippen MR) is 52.7 cm³/mol. The minimum absolute atomic E-state index is 0.0891. The normalized spacial score (nSPS) is 20.3. The predicted octanol–water partition coefficient (Wildman–Crippen LogP) is 2.43. The van der Waals surface area contributed by atoms with Crippen molar-refractivity contribution in [1.29, 1.82) is 0 Å². The fraction of sp³-hybridized carbons (Fsp3) is 0.200. The van der Waals surface area contributed by atoms with E-state index < -0.39 is 0 Å². The molecule has 1 aliphatic heterocycles. The lowest BCUT2D eigenvalue weighted by Gasteiger charge is -2.36. The van der Waals surface area contributed by atoms with Crippen LogP contribution in [0, 0.1) is 5.21 Å². The van der Waals surface area contributed by atoms with Gasteiger partial charge < -0.3 is 10.4 Å². The van der Waals surface area contributed by atoms with E-state index in [1.54, 1.807) is 11.2 Å². The first-order valence-electron chi connectivity index (χ1n) is 4.22. The molecule has 0 N–H and O–H groups in total. The van der Waals surface area contributed by atoms with E-state index in [0.29, 0.717) is 0 Å². The van der Waals surface area contributed by atoms with Crippen molar-refractivity contribution >= 4 is 5.69 Å². The summed E-state index contributed by atoms with van der Waals surface area (Å²) in [4.78, 5) is 0. The van der Waals surface area contributed by atoms with Gasteiger partial charge in [-0.05, 0) is 13.0 Å². The molecule has 1 heterocycles. The summed E-state index contributed by atoms with van der Waals surface area (Å²) in [6.45, 7) is 5.60. The largest absolute Gasteiger partial charge is 0.738 e. The van der Waals surface area contributed by atoms with Crippen molar-refractivity contribution in [1.82, 2.24) is 5.01 Å². The maximum absolute atomic E-state index is 11.6. The molecule has 0 aromatic heterocycles. The highest BCUT2D eigenvalue weighted by Crippen LogP contribution is 2.38.